The van der Waals surface area contributed by atoms with Gasteiger partial charge in [-0.15, -0.1) is 0 Å². The average Bonchev–Trinajstić information content (AvgIpc) is 2.55. The van der Waals surface area contributed by atoms with E-state index in [0.29, 0.717) is 11.4 Å². The van der Waals surface area contributed by atoms with Crippen LogP contribution in [0.15, 0.2) is 24.3 Å². The quantitative estimate of drug-likeness (QED) is 0.791. The van der Waals surface area contributed by atoms with E-state index in [9.17, 15) is 9.59 Å². The molecule has 2 aliphatic rings. The molecule has 3 rings (SSSR count). The van der Waals surface area contributed by atoms with Crippen molar-refractivity contribution in [1.82, 2.24) is 0 Å². The average molecular weight is 331 g/mol. The zero-order valence-corrected chi connectivity index (χ0v) is 14.4. The number of nitrogens with two attached hydrogens (primary N) is 1. The van der Waals surface area contributed by atoms with Gasteiger partial charge in [0.1, 0.15) is 5.54 Å². The van der Waals surface area contributed by atoms with Crippen molar-refractivity contribution in [1.29, 1.82) is 0 Å². The Kier molecular flexibility index (Phi) is 4.13. The van der Waals surface area contributed by atoms with E-state index in [-0.39, 0.29) is 23.8 Å². The van der Waals surface area contributed by atoms with E-state index in [0.717, 1.165) is 19.4 Å². The molecule has 1 saturated heterocycles. The van der Waals surface area contributed by atoms with E-state index in [2.05, 4.69) is 10.6 Å². The molecule has 6 heteroatoms. The Morgan fingerprint density at radius 2 is 1.75 bits per heavy atom. The third-order valence-corrected chi connectivity index (χ3v) is 5.52. The number of anilines is 2. The SMILES string of the molecule is CC(=O)Nc1ccc(NC(=O)C2(N)C3CCCOC3C2(C)C)cc1. The van der Waals surface area contributed by atoms with Gasteiger partial charge in [0.25, 0.3) is 0 Å². The predicted octanol–water partition coefficient (Wildman–Crippen LogP) is 2.12. The molecule has 3 atom stereocenters. The molecule has 6 nitrogen and oxygen atoms in total. The Morgan fingerprint density at radius 3 is 2.33 bits per heavy atom. The Bertz CT molecular complexity index is 656. The molecule has 24 heavy (non-hydrogen) atoms. The molecule has 1 aliphatic carbocycles. The minimum absolute atomic E-state index is 0.0455. The zero-order valence-electron chi connectivity index (χ0n) is 14.4. The van der Waals surface area contributed by atoms with Crippen LogP contribution in [0.4, 0.5) is 11.4 Å². The lowest BCUT2D eigenvalue weighted by atomic mass is 9.46. The van der Waals surface area contributed by atoms with Gasteiger partial charge in [0.2, 0.25) is 11.8 Å². The minimum atomic E-state index is -0.936. The molecule has 0 bridgehead atoms. The molecule has 4 N–H and O–H groups in total. The van der Waals surface area contributed by atoms with Crippen molar-refractivity contribution in [3.05, 3.63) is 24.3 Å². The van der Waals surface area contributed by atoms with Gasteiger partial charge in [-0.1, -0.05) is 13.8 Å². The number of amides is 2. The summed E-state index contributed by atoms with van der Waals surface area (Å²) in [4.78, 5) is 23.9. The summed E-state index contributed by atoms with van der Waals surface area (Å²) in [5, 5.41) is 5.62. The van der Waals surface area contributed by atoms with Crippen molar-refractivity contribution in [2.24, 2.45) is 17.1 Å². The largest absolute Gasteiger partial charge is 0.377 e. The second kappa shape index (κ2) is 5.86. The fourth-order valence-electron chi connectivity index (χ4n) is 4.11. The van der Waals surface area contributed by atoms with Crippen molar-refractivity contribution in [2.75, 3.05) is 17.2 Å². The maximum Gasteiger partial charge on any atom is 0.245 e. The second-order valence-electron chi connectivity index (χ2n) is 7.34. The Morgan fingerprint density at radius 1 is 1.17 bits per heavy atom. The molecule has 0 radical (unpaired) electrons. The lowest BCUT2D eigenvalue weighted by Crippen LogP contribution is -2.81. The summed E-state index contributed by atoms with van der Waals surface area (Å²) in [6.45, 7) is 6.19. The first-order valence-corrected chi connectivity index (χ1v) is 8.36. The van der Waals surface area contributed by atoms with Crippen LogP contribution in [-0.4, -0.2) is 30.1 Å². The highest BCUT2D eigenvalue weighted by Gasteiger charge is 2.70. The lowest BCUT2D eigenvalue weighted by molar-refractivity contribution is -0.222. The molecular formula is C18H25N3O3. The Hall–Kier alpha value is -1.92. The summed E-state index contributed by atoms with van der Waals surface area (Å²) in [5.74, 6) is -0.251. The molecule has 3 unspecified atom stereocenters. The number of nitrogens with one attached hydrogen (secondary N) is 2. The van der Waals surface area contributed by atoms with E-state index in [1.54, 1.807) is 24.3 Å². The molecule has 1 saturated carbocycles. The lowest BCUT2D eigenvalue weighted by Gasteiger charge is -2.65. The van der Waals surface area contributed by atoms with E-state index >= 15 is 0 Å². The van der Waals surface area contributed by atoms with E-state index in [4.69, 9.17) is 10.5 Å². The third kappa shape index (κ3) is 2.50. The van der Waals surface area contributed by atoms with Gasteiger partial charge in [-0.3, -0.25) is 9.59 Å². The van der Waals surface area contributed by atoms with Crippen molar-refractivity contribution < 1.29 is 14.3 Å². The highest BCUT2D eigenvalue weighted by Crippen LogP contribution is 2.57. The van der Waals surface area contributed by atoms with Crippen molar-refractivity contribution >= 4 is 23.2 Å². The van der Waals surface area contributed by atoms with Gasteiger partial charge >= 0.3 is 0 Å². The molecule has 1 heterocycles. The summed E-state index contributed by atoms with van der Waals surface area (Å²) < 4.78 is 5.84. The number of carbonyl (C=O) groups is 2. The van der Waals surface area contributed by atoms with Gasteiger partial charge in [-0.25, -0.2) is 0 Å². The van der Waals surface area contributed by atoms with Crippen LogP contribution in [0.3, 0.4) is 0 Å². The van der Waals surface area contributed by atoms with Gasteiger partial charge in [-0.05, 0) is 37.1 Å². The van der Waals surface area contributed by atoms with Crippen LogP contribution in [0.25, 0.3) is 0 Å². The fourth-order valence-corrected chi connectivity index (χ4v) is 4.11. The highest BCUT2D eigenvalue weighted by molar-refractivity contribution is 6.00. The Balaban J connectivity index is 1.73. The van der Waals surface area contributed by atoms with Crippen LogP contribution in [0, 0.1) is 11.3 Å². The van der Waals surface area contributed by atoms with Crippen molar-refractivity contribution in [3.63, 3.8) is 0 Å². The zero-order chi connectivity index (χ0) is 17.5. The molecule has 1 aliphatic heterocycles. The molecular weight excluding hydrogens is 306 g/mol. The van der Waals surface area contributed by atoms with Crippen LogP contribution in [0.2, 0.25) is 0 Å². The van der Waals surface area contributed by atoms with E-state index in [1.165, 1.54) is 6.92 Å². The smallest absolute Gasteiger partial charge is 0.245 e. The van der Waals surface area contributed by atoms with Crippen LogP contribution in [0.5, 0.6) is 0 Å². The van der Waals surface area contributed by atoms with Crippen LogP contribution in [0.1, 0.15) is 33.6 Å². The number of carbonyl (C=O) groups excluding carboxylic acids is 2. The van der Waals surface area contributed by atoms with Gasteiger partial charge in [-0.2, -0.15) is 0 Å². The van der Waals surface area contributed by atoms with Crippen LogP contribution >= 0.6 is 0 Å². The number of hydrogen-bond donors (Lipinski definition) is 3. The molecule has 0 spiro atoms. The third-order valence-electron chi connectivity index (χ3n) is 5.52. The number of fused-ring (bicyclic) bond motifs is 1. The van der Waals surface area contributed by atoms with E-state index < -0.39 is 11.0 Å². The predicted molar refractivity (Wildman–Crippen MR) is 92.5 cm³/mol. The fraction of sp³-hybridized carbons (Fsp3) is 0.556. The maximum atomic E-state index is 12.9. The standard InChI is InChI=1S/C18H25N3O3/c1-11(22)20-12-6-8-13(9-7-12)21-16(23)18(19)14-5-4-10-24-15(14)17(18,2)3/h6-9,14-15H,4-5,10,19H2,1-3H3,(H,20,22)(H,21,23). The first-order valence-electron chi connectivity index (χ1n) is 8.36. The number of rotatable bonds is 3. The molecule has 2 amide bonds. The molecule has 130 valence electrons. The van der Waals surface area contributed by atoms with Crippen LogP contribution in [-0.2, 0) is 14.3 Å². The normalized spacial score (nSPS) is 30.7. The van der Waals surface area contributed by atoms with Gasteiger partial charge in [0.15, 0.2) is 0 Å². The monoisotopic (exact) mass is 331 g/mol. The first-order chi connectivity index (χ1) is 11.3. The molecule has 0 aromatic heterocycles. The highest BCUT2D eigenvalue weighted by atomic mass is 16.5. The minimum Gasteiger partial charge on any atom is -0.377 e. The Labute approximate surface area is 142 Å². The summed E-state index contributed by atoms with van der Waals surface area (Å²) in [6, 6.07) is 7.01. The van der Waals surface area contributed by atoms with Crippen molar-refractivity contribution in [3.8, 4) is 0 Å². The molecule has 1 aromatic rings. The molecule has 1 aromatic carbocycles. The summed E-state index contributed by atoms with van der Waals surface area (Å²) >= 11 is 0. The van der Waals surface area contributed by atoms with Crippen LogP contribution < -0.4 is 16.4 Å². The van der Waals surface area contributed by atoms with Gasteiger partial charge in [0, 0.05) is 36.2 Å². The second-order valence-corrected chi connectivity index (χ2v) is 7.34. The maximum absolute atomic E-state index is 12.9. The van der Waals surface area contributed by atoms with E-state index in [1.807, 2.05) is 13.8 Å². The van der Waals surface area contributed by atoms with Gasteiger partial charge < -0.3 is 21.1 Å². The van der Waals surface area contributed by atoms with Gasteiger partial charge in [0.05, 0.1) is 6.10 Å². The topological polar surface area (TPSA) is 93.5 Å². The summed E-state index contributed by atoms with van der Waals surface area (Å²) in [7, 11) is 0. The number of hydrogen-bond acceptors (Lipinski definition) is 4. The number of ether oxygens (including phenoxy) is 1. The molecule has 2 fully saturated rings. The summed E-state index contributed by atoms with van der Waals surface area (Å²) in [6.07, 6.45) is 1.90. The van der Waals surface area contributed by atoms with Crippen molar-refractivity contribution in [2.45, 2.75) is 45.3 Å². The first kappa shape index (κ1) is 16.9. The summed E-state index contributed by atoms with van der Waals surface area (Å²) in [5.41, 5.74) is 6.58. The number of benzene rings is 1.